The standard InChI is InChI=1S/C27H23N7O18S6.H2O/c1-34(33-36)8-11-55(38,39)18-5-2-16(3-6-18)29-32-26-22(57(43,44)45)13-15-12-20(54-51-50-37)25(27(35)23(15)24(26)28)31-30-19-7-4-17(14-21(19)56(40,41)42)53-10-9-49-52-58(46,47)48;/h2-7,12-14,35,37H,8,11,28H2,1H3,(H,40,41,42)(H,43,44,45)(H,46,47,48);1H2. The predicted molar refractivity (Wildman–Crippen MR) is 203 cm³/mol. The molecule has 0 saturated heterocycles. The molecule has 0 aliphatic heterocycles. The summed E-state index contributed by atoms with van der Waals surface area (Å²) in [5.41, 5.74) is 3.76. The molecule has 0 aromatic heterocycles. The van der Waals surface area contributed by atoms with Crippen LogP contribution < -0.4 is 5.73 Å². The van der Waals surface area contributed by atoms with Gasteiger partial charge in [0.05, 0.1) is 56.2 Å². The maximum absolute atomic E-state index is 12.6. The van der Waals surface area contributed by atoms with E-state index in [1.54, 1.807) is 6.11 Å². The molecule has 0 unspecified atom stereocenters. The number of fused-ring (bicyclic) bond motifs is 1. The monoisotopic (exact) mass is 943 g/mol. The van der Waals surface area contributed by atoms with Crippen molar-refractivity contribution in [3.8, 4) is 17.1 Å². The number of nitrogens with two attached hydrogens (primary N) is 1. The van der Waals surface area contributed by atoms with Crippen molar-refractivity contribution in [2.24, 2.45) is 25.7 Å². The maximum atomic E-state index is 12.6. The molecule has 0 saturated carbocycles. The fourth-order valence-electron chi connectivity index (χ4n) is 4.37. The highest BCUT2D eigenvalue weighted by Gasteiger charge is 2.26. The molecule has 0 atom stereocenters. The molecule has 32 heteroatoms. The SMILES string of the molecule is CN(CCS(=O)(=O)c1ccc(N=Nc2c(S(=O)(=O)O)cc3cc(SOOO)c(N=Nc4ccc(SC#COOS(=O)(=O)O)cc4S(=O)(=O)O)c(O)c3c2N)cc1)N=O.O. The number of nitrogens with zero attached hydrogens (tertiary/aromatic N) is 6. The van der Waals surface area contributed by atoms with Gasteiger partial charge in [0.2, 0.25) is 0 Å². The second kappa shape index (κ2) is 19.8. The molecule has 59 heavy (non-hydrogen) atoms. The molecular weight excluding hydrogens is 919 g/mol. The van der Waals surface area contributed by atoms with Crippen molar-refractivity contribution in [1.82, 2.24) is 5.01 Å². The number of rotatable bonds is 17. The van der Waals surface area contributed by atoms with Crippen molar-refractivity contribution in [1.29, 1.82) is 0 Å². The Morgan fingerprint density at radius 2 is 1.49 bits per heavy atom. The van der Waals surface area contributed by atoms with Gasteiger partial charge in [0.1, 0.15) is 26.9 Å². The van der Waals surface area contributed by atoms with E-state index in [9.17, 15) is 52.8 Å². The Bertz CT molecular complexity index is 2810. The molecule has 0 spiro atoms. The van der Waals surface area contributed by atoms with Crippen molar-refractivity contribution < 1.29 is 81.8 Å². The minimum Gasteiger partial charge on any atom is -0.505 e. The first-order chi connectivity index (χ1) is 27.1. The van der Waals surface area contributed by atoms with Gasteiger partial charge in [0.15, 0.2) is 21.7 Å². The molecule has 4 aromatic carbocycles. The lowest BCUT2D eigenvalue weighted by atomic mass is 10.1. The van der Waals surface area contributed by atoms with Gasteiger partial charge in [-0.05, 0) is 76.1 Å². The highest BCUT2D eigenvalue weighted by atomic mass is 32.3. The molecule has 26 nitrogen and oxygen atoms in total. The highest BCUT2D eigenvalue weighted by Crippen LogP contribution is 2.50. The number of benzene rings is 4. The highest BCUT2D eigenvalue weighted by molar-refractivity contribution is 8.04. The molecule has 4 rings (SSSR count). The Morgan fingerprint density at radius 3 is 2.08 bits per heavy atom. The second-order valence-electron chi connectivity index (χ2n) is 10.7. The van der Waals surface area contributed by atoms with Crippen molar-refractivity contribution in [3.05, 3.63) is 59.5 Å². The third kappa shape index (κ3) is 12.9. The fourth-order valence-corrected chi connectivity index (χ4v) is 8.18. The summed E-state index contributed by atoms with van der Waals surface area (Å²) in [6, 6.07) is 9.66. The first-order valence-electron chi connectivity index (χ1n) is 14.6. The first-order valence-corrected chi connectivity index (χ1v) is 22.1. The Hall–Kier alpha value is -5.12. The van der Waals surface area contributed by atoms with E-state index in [-0.39, 0.29) is 55.2 Å². The van der Waals surface area contributed by atoms with Gasteiger partial charge in [-0.25, -0.2) is 13.7 Å². The van der Waals surface area contributed by atoms with Gasteiger partial charge in [-0.2, -0.15) is 30.4 Å². The van der Waals surface area contributed by atoms with Crippen molar-refractivity contribution in [2.75, 3.05) is 25.1 Å². The van der Waals surface area contributed by atoms with Gasteiger partial charge in [0.25, 0.3) is 20.2 Å². The molecule has 318 valence electrons. The van der Waals surface area contributed by atoms with Crippen LogP contribution in [-0.2, 0) is 59.1 Å². The van der Waals surface area contributed by atoms with Crippen molar-refractivity contribution in [3.63, 3.8) is 0 Å². The van der Waals surface area contributed by atoms with Crippen LogP contribution in [0.3, 0.4) is 0 Å². The number of anilines is 1. The van der Waals surface area contributed by atoms with Crippen LogP contribution in [0.5, 0.6) is 5.75 Å². The summed E-state index contributed by atoms with van der Waals surface area (Å²) >= 11 is 0.708. The van der Waals surface area contributed by atoms with E-state index in [1.165, 1.54) is 25.2 Å². The summed E-state index contributed by atoms with van der Waals surface area (Å²) in [5.74, 6) is -1.35. The van der Waals surface area contributed by atoms with E-state index < -0.39 is 84.5 Å². The van der Waals surface area contributed by atoms with E-state index in [0.717, 1.165) is 41.4 Å². The van der Waals surface area contributed by atoms with Crippen LogP contribution in [0.2, 0.25) is 0 Å². The van der Waals surface area contributed by atoms with Crippen molar-refractivity contribution in [2.45, 2.75) is 24.5 Å². The molecule has 9 N–H and O–H groups in total. The van der Waals surface area contributed by atoms with Gasteiger partial charge in [-0.15, -0.1) is 24.6 Å². The zero-order valence-electron chi connectivity index (χ0n) is 28.9. The molecular formula is C27H25N7O19S6. The zero-order chi connectivity index (χ0) is 43.1. The van der Waals surface area contributed by atoms with Crippen LogP contribution >= 0.6 is 23.8 Å². The number of aromatic hydroxyl groups is 1. The average Bonchev–Trinajstić information content (AvgIpc) is 3.14. The van der Waals surface area contributed by atoms with Crippen LogP contribution in [0, 0.1) is 16.3 Å². The van der Waals surface area contributed by atoms with Crippen molar-refractivity contribution >= 4 is 103 Å². The first kappa shape index (κ1) is 48.3. The number of thioether (sulfide) groups is 1. The lowest BCUT2D eigenvalue weighted by Crippen LogP contribution is -2.20. The van der Waals surface area contributed by atoms with E-state index in [1.807, 2.05) is 0 Å². The number of phenolic OH excluding ortho intramolecular Hbond substituents is 1. The van der Waals surface area contributed by atoms with E-state index in [0.29, 0.717) is 11.8 Å². The molecule has 0 bridgehead atoms. The number of nitroso groups, excluding NO2 is 1. The molecule has 4 aromatic rings. The minimum absolute atomic E-state index is 0. The number of phenols is 1. The topological polar surface area (TPSA) is 414 Å². The summed E-state index contributed by atoms with van der Waals surface area (Å²) in [6.45, 7) is -0.194. The van der Waals surface area contributed by atoms with Gasteiger partial charge in [-0.3, -0.25) is 23.6 Å². The average molecular weight is 944 g/mol. The molecule has 0 fully saturated rings. The Labute approximate surface area is 340 Å². The van der Waals surface area contributed by atoms with Crippen LogP contribution in [0.1, 0.15) is 0 Å². The van der Waals surface area contributed by atoms with Crippen LogP contribution in [0.4, 0.5) is 28.4 Å². The summed E-state index contributed by atoms with van der Waals surface area (Å²) in [6.07, 6.45) is 1.73. The molecule has 0 heterocycles. The number of hydrogen-bond donors (Lipinski definition) is 6. The number of sulfone groups is 1. The van der Waals surface area contributed by atoms with Crippen LogP contribution in [0.15, 0.2) is 105 Å². The number of nitrogen functional groups attached to an aromatic ring is 1. The maximum Gasteiger partial charge on any atom is 0.433 e. The van der Waals surface area contributed by atoms with E-state index in [2.05, 4.69) is 49.6 Å². The second-order valence-corrected chi connectivity index (χ2v) is 18.2. The molecule has 0 aliphatic carbocycles. The smallest absolute Gasteiger partial charge is 0.433 e. The molecule has 0 amide bonds. The van der Waals surface area contributed by atoms with E-state index >= 15 is 0 Å². The summed E-state index contributed by atoms with van der Waals surface area (Å²) in [7, 11) is -17.8. The lowest BCUT2D eigenvalue weighted by Gasteiger charge is -2.14. The summed E-state index contributed by atoms with van der Waals surface area (Å²) < 4.78 is 132. The van der Waals surface area contributed by atoms with E-state index in [4.69, 9.17) is 15.5 Å². The quantitative estimate of drug-likeness (QED) is 0.00993. The van der Waals surface area contributed by atoms with Gasteiger partial charge in [0, 0.05) is 17.2 Å². The Morgan fingerprint density at radius 1 is 0.847 bits per heavy atom. The number of azo groups is 2. The third-order valence-corrected chi connectivity index (χ3v) is 11.9. The van der Waals surface area contributed by atoms with Gasteiger partial charge in [-0.1, -0.05) is 5.04 Å². The van der Waals surface area contributed by atoms with Gasteiger partial charge < -0.3 is 16.3 Å². The Balaban J connectivity index is 0.00000930. The number of hydrogen-bond acceptors (Lipinski definition) is 23. The third-order valence-electron chi connectivity index (χ3n) is 6.87. The fraction of sp³-hybridized carbons (Fsp3) is 0.111. The van der Waals surface area contributed by atoms with Gasteiger partial charge >= 0.3 is 10.4 Å². The Kier molecular flexibility index (Phi) is 16.2. The van der Waals surface area contributed by atoms with Crippen LogP contribution in [0.25, 0.3) is 10.8 Å². The predicted octanol–water partition coefficient (Wildman–Crippen LogP) is 4.20. The normalized spacial score (nSPS) is 12.3. The summed E-state index contributed by atoms with van der Waals surface area (Å²) in [4.78, 5) is 12.3. The summed E-state index contributed by atoms with van der Waals surface area (Å²) in [5, 5.41) is 44.1. The minimum atomic E-state index is -5.14. The lowest BCUT2D eigenvalue weighted by molar-refractivity contribution is -0.432. The zero-order valence-corrected chi connectivity index (χ0v) is 33.8. The van der Waals surface area contributed by atoms with Crippen LogP contribution in [-0.4, -0.2) is 87.5 Å². The molecule has 0 radical (unpaired) electrons. The molecule has 0 aliphatic rings. The largest absolute Gasteiger partial charge is 0.505 e.